The third-order valence-corrected chi connectivity index (χ3v) is 13.3. The van der Waals surface area contributed by atoms with E-state index in [4.69, 9.17) is 9.47 Å². The molecule has 5 aliphatic rings. The van der Waals surface area contributed by atoms with Crippen LogP contribution in [0, 0.1) is 16.7 Å². The number of sulfonamides is 1. The van der Waals surface area contributed by atoms with Crippen LogP contribution >= 0.6 is 0 Å². The van der Waals surface area contributed by atoms with E-state index in [9.17, 15) is 32.4 Å². The van der Waals surface area contributed by atoms with E-state index < -0.39 is 74.3 Å². The van der Waals surface area contributed by atoms with E-state index in [2.05, 4.69) is 21.4 Å². The number of fused-ring (bicyclic) bond motifs is 3. The van der Waals surface area contributed by atoms with Crippen LogP contribution in [0.1, 0.15) is 110 Å². The number of amides is 5. The van der Waals surface area contributed by atoms with Crippen LogP contribution in [0.2, 0.25) is 0 Å². The standard InChI is InChI=1S/C38H55N5O9S/c1-7-25-18-38(25,33(46)41-53(49,50)27-14-15-27)40-31(44)29-17-26-20-43(29)32(45)30(36(2,3)4)39-34(47)51-22-37(5,6)16-9-8-11-23-12-10-13-24-19-42(21-28(23)24)35(48)52-26/h10,12-13,25-27,29-30H,7-9,11,14-22H2,1-6H3,(H,39,47)(H,40,44)(H,41,46)/t25?,26?,29-,30+,38+/m0/s1. The van der Waals surface area contributed by atoms with Crippen molar-refractivity contribution in [2.45, 2.75) is 141 Å². The first-order valence-electron chi connectivity index (χ1n) is 19.0. The van der Waals surface area contributed by atoms with Crippen molar-refractivity contribution in [3.8, 4) is 0 Å². The van der Waals surface area contributed by atoms with E-state index in [-0.39, 0.29) is 37.3 Å². The van der Waals surface area contributed by atoms with Crippen molar-refractivity contribution in [2.24, 2.45) is 16.7 Å². The van der Waals surface area contributed by atoms with Gasteiger partial charge in [0.05, 0.1) is 18.4 Å². The topological polar surface area (TPSA) is 181 Å². The summed E-state index contributed by atoms with van der Waals surface area (Å²) in [5.41, 5.74) is 0.742. The van der Waals surface area contributed by atoms with Crippen molar-refractivity contribution < 1.29 is 41.9 Å². The highest BCUT2D eigenvalue weighted by Crippen LogP contribution is 2.47. The molecular formula is C38H55N5O9S. The lowest BCUT2D eigenvalue weighted by Gasteiger charge is -2.35. The molecule has 5 atom stereocenters. The molecule has 0 aromatic heterocycles. The smallest absolute Gasteiger partial charge is 0.410 e. The van der Waals surface area contributed by atoms with Crippen molar-refractivity contribution in [1.82, 2.24) is 25.2 Å². The first kappa shape index (κ1) is 38.8. The van der Waals surface area contributed by atoms with Gasteiger partial charge in [-0.05, 0) is 72.0 Å². The second-order valence-corrected chi connectivity index (χ2v) is 19.5. The molecular weight excluding hydrogens is 703 g/mol. The van der Waals surface area contributed by atoms with Crippen LogP contribution in [0.25, 0.3) is 0 Å². The van der Waals surface area contributed by atoms with Crippen LogP contribution in [0.5, 0.6) is 0 Å². The predicted molar refractivity (Wildman–Crippen MR) is 194 cm³/mol. The summed E-state index contributed by atoms with van der Waals surface area (Å²) in [6.07, 6.45) is 2.94. The fourth-order valence-electron chi connectivity index (χ4n) is 7.97. The maximum Gasteiger partial charge on any atom is 0.410 e. The Bertz CT molecular complexity index is 1750. The average Bonchev–Trinajstić information content (AvgIpc) is 3.97. The first-order valence-corrected chi connectivity index (χ1v) is 20.6. The number of hydrogen-bond acceptors (Lipinski definition) is 9. The van der Waals surface area contributed by atoms with Crippen molar-refractivity contribution in [3.05, 3.63) is 34.9 Å². The van der Waals surface area contributed by atoms with Gasteiger partial charge in [-0.3, -0.25) is 24.0 Å². The van der Waals surface area contributed by atoms with Gasteiger partial charge in [0.15, 0.2) is 0 Å². The highest BCUT2D eigenvalue weighted by Gasteiger charge is 2.62. The molecule has 2 aliphatic carbocycles. The molecule has 5 amide bonds. The summed E-state index contributed by atoms with van der Waals surface area (Å²) in [6.45, 7) is 12.1. The van der Waals surface area contributed by atoms with Gasteiger partial charge in [0.2, 0.25) is 21.8 Å². The van der Waals surface area contributed by atoms with Gasteiger partial charge in [-0.1, -0.05) is 72.6 Å². The van der Waals surface area contributed by atoms with Crippen molar-refractivity contribution in [3.63, 3.8) is 0 Å². The zero-order valence-electron chi connectivity index (χ0n) is 31.8. The lowest BCUT2D eigenvalue weighted by atomic mass is 9.85. The Morgan fingerprint density at radius 3 is 2.43 bits per heavy atom. The SMILES string of the molecule is CCC1C[C@]1(NC(=O)[C@@H]1CC2CN1C(=O)[C@H](C(C)(C)C)NC(=O)OCC(C)(C)CCCCc1cccc3c1CN(C3)C(=O)O2)C(=O)NS(=O)(=O)C1CC1. The minimum absolute atomic E-state index is 0.0558. The molecule has 3 heterocycles. The lowest BCUT2D eigenvalue weighted by Crippen LogP contribution is -2.60. The second kappa shape index (κ2) is 14.4. The monoisotopic (exact) mass is 757 g/mol. The molecule has 15 heteroatoms. The van der Waals surface area contributed by atoms with Crippen LogP contribution in [0.15, 0.2) is 18.2 Å². The Morgan fingerprint density at radius 2 is 1.77 bits per heavy atom. The van der Waals surface area contributed by atoms with E-state index in [0.717, 1.165) is 36.8 Å². The Morgan fingerprint density at radius 1 is 1.06 bits per heavy atom. The zero-order valence-corrected chi connectivity index (χ0v) is 32.6. The van der Waals surface area contributed by atoms with Gasteiger partial charge in [-0.15, -0.1) is 0 Å². The van der Waals surface area contributed by atoms with Gasteiger partial charge in [-0.2, -0.15) is 0 Å². The number of carbonyl (C=O) groups excluding carboxylic acids is 5. The number of rotatable bonds is 6. The fourth-order valence-corrected chi connectivity index (χ4v) is 9.33. The molecule has 2 saturated carbocycles. The predicted octanol–water partition coefficient (Wildman–Crippen LogP) is 3.90. The van der Waals surface area contributed by atoms with Crippen molar-refractivity contribution >= 4 is 39.9 Å². The molecule has 1 saturated heterocycles. The zero-order chi connectivity index (χ0) is 38.5. The van der Waals surface area contributed by atoms with Gasteiger partial charge in [0.25, 0.3) is 5.91 Å². The van der Waals surface area contributed by atoms with Crippen LogP contribution in [-0.2, 0) is 53.4 Å². The van der Waals surface area contributed by atoms with Crippen LogP contribution in [-0.4, -0.2) is 90.3 Å². The number of hydrogen-bond donors (Lipinski definition) is 3. The van der Waals surface area contributed by atoms with Gasteiger partial charge in [0.1, 0.15) is 23.7 Å². The third kappa shape index (κ3) is 8.44. The van der Waals surface area contributed by atoms with Gasteiger partial charge in [-0.25, -0.2) is 18.0 Å². The van der Waals surface area contributed by atoms with E-state index in [1.165, 1.54) is 10.5 Å². The molecule has 292 valence electrons. The average molecular weight is 758 g/mol. The maximum atomic E-state index is 14.5. The van der Waals surface area contributed by atoms with Crippen LogP contribution in [0.3, 0.4) is 0 Å². The highest BCUT2D eigenvalue weighted by atomic mass is 32.2. The number of cyclic esters (lactones) is 1. The number of nitrogens with one attached hydrogen (secondary N) is 3. The summed E-state index contributed by atoms with van der Waals surface area (Å²) < 4.78 is 39.3. The molecule has 4 bridgehead atoms. The summed E-state index contributed by atoms with van der Waals surface area (Å²) in [7, 11) is -3.88. The number of aryl methyl sites for hydroxylation is 1. The van der Waals surface area contributed by atoms with E-state index in [1.807, 2.05) is 32.9 Å². The van der Waals surface area contributed by atoms with Gasteiger partial charge < -0.3 is 25.0 Å². The summed E-state index contributed by atoms with van der Waals surface area (Å²) in [5, 5.41) is 4.95. The molecule has 3 fully saturated rings. The number of benzene rings is 1. The molecule has 0 radical (unpaired) electrons. The fraction of sp³-hybridized carbons (Fsp3) is 0.711. The van der Waals surface area contributed by atoms with Crippen LogP contribution < -0.4 is 15.4 Å². The molecule has 3 aliphatic heterocycles. The molecule has 1 aromatic carbocycles. The number of ether oxygens (including phenoxy) is 2. The van der Waals surface area contributed by atoms with Gasteiger partial charge >= 0.3 is 12.2 Å². The molecule has 6 rings (SSSR count). The number of alkyl carbamates (subject to hydrolysis) is 1. The quantitative estimate of drug-likeness (QED) is 0.388. The van der Waals surface area contributed by atoms with Crippen LogP contribution in [0.4, 0.5) is 9.59 Å². The summed E-state index contributed by atoms with van der Waals surface area (Å²) in [5.74, 6) is -2.33. The maximum absolute atomic E-state index is 14.5. The Kier molecular flexibility index (Phi) is 10.6. The lowest BCUT2D eigenvalue weighted by molar-refractivity contribution is -0.143. The number of carbonyl (C=O) groups is 5. The largest absolute Gasteiger partial charge is 0.449 e. The third-order valence-electron chi connectivity index (χ3n) is 11.5. The molecule has 14 nitrogen and oxygen atoms in total. The van der Waals surface area contributed by atoms with E-state index >= 15 is 0 Å². The summed E-state index contributed by atoms with van der Waals surface area (Å²) in [4.78, 5) is 72.1. The van der Waals surface area contributed by atoms with E-state index in [0.29, 0.717) is 32.4 Å². The summed E-state index contributed by atoms with van der Waals surface area (Å²) in [6, 6.07) is 3.80. The molecule has 2 unspecified atom stereocenters. The minimum Gasteiger partial charge on any atom is -0.449 e. The van der Waals surface area contributed by atoms with Gasteiger partial charge in [0, 0.05) is 19.5 Å². The van der Waals surface area contributed by atoms with E-state index in [1.54, 1.807) is 25.7 Å². The summed E-state index contributed by atoms with van der Waals surface area (Å²) >= 11 is 0. The highest BCUT2D eigenvalue weighted by molar-refractivity contribution is 7.91. The molecule has 1 aromatic rings. The van der Waals surface area contributed by atoms with Crippen molar-refractivity contribution in [1.29, 1.82) is 0 Å². The Hall–Kier alpha value is -3.88. The Balaban J connectivity index is 1.28. The van der Waals surface area contributed by atoms with Crippen molar-refractivity contribution in [2.75, 3.05) is 13.2 Å². The number of nitrogens with zero attached hydrogens (tertiary/aromatic N) is 2. The second-order valence-electron chi connectivity index (χ2n) is 17.5. The first-order chi connectivity index (χ1) is 24.8. The molecule has 3 N–H and O–H groups in total. The Labute approximate surface area is 312 Å². The molecule has 53 heavy (non-hydrogen) atoms. The molecule has 0 spiro atoms. The normalized spacial score (nSPS) is 29.4. The minimum atomic E-state index is -3.88.